The fourth-order valence-corrected chi connectivity index (χ4v) is 1.76. The molecule has 0 heterocycles. The highest BCUT2D eigenvalue weighted by Crippen LogP contribution is 2.19. The van der Waals surface area contributed by atoms with Gasteiger partial charge in [0.05, 0.1) is 0 Å². The van der Waals surface area contributed by atoms with Crippen LogP contribution in [0.15, 0.2) is 18.2 Å². The zero-order valence-electron chi connectivity index (χ0n) is 11.4. The second-order valence-electron chi connectivity index (χ2n) is 5.25. The molecule has 0 atom stereocenters. The van der Waals surface area contributed by atoms with Crippen LogP contribution < -0.4 is 5.32 Å². The number of aryl methyl sites for hydroxylation is 2. The van der Waals surface area contributed by atoms with E-state index in [-0.39, 0.29) is 0 Å². The van der Waals surface area contributed by atoms with Crippen molar-refractivity contribution in [3.05, 3.63) is 29.3 Å². The van der Waals surface area contributed by atoms with Crippen molar-refractivity contribution in [1.82, 2.24) is 0 Å². The van der Waals surface area contributed by atoms with Crippen molar-refractivity contribution < 1.29 is 9.53 Å². The lowest BCUT2D eigenvalue weighted by Gasteiger charge is -2.20. The third-order valence-electron chi connectivity index (χ3n) is 2.34. The van der Waals surface area contributed by atoms with Crippen molar-refractivity contribution in [3.8, 4) is 0 Å². The van der Waals surface area contributed by atoms with E-state index in [1.807, 2.05) is 45.9 Å². The Bertz CT molecular complexity index is 424. The summed E-state index contributed by atoms with van der Waals surface area (Å²) in [5.74, 6) is 0.787. The molecular formula is C14H21NO2S. The van der Waals surface area contributed by atoms with Crippen LogP contribution in [0.5, 0.6) is 0 Å². The Kier molecular flexibility index (Phi) is 5.08. The topological polar surface area (TPSA) is 38.3 Å². The van der Waals surface area contributed by atoms with Gasteiger partial charge in [0.25, 0.3) is 0 Å². The minimum atomic E-state index is -0.485. The highest BCUT2D eigenvalue weighted by molar-refractivity contribution is 7.80. The maximum Gasteiger partial charge on any atom is 0.412 e. The van der Waals surface area contributed by atoms with Crippen molar-refractivity contribution in [3.63, 3.8) is 0 Å². The first-order valence-electron chi connectivity index (χ1n) is 6.02. The van der Waals surface area contributed by atoms with E-state index in [0.29, 0.717) is 0 Å². The smallest absolute Gasteiger partial charge is 0.412 e. The molecule has 100 valence electrons. The number of benzene rings is 1. The van der Waals surface area contributed by atoms with Crippen LogP contribution in [0.3, 0.4) is 0 Å². The molecule has 0 aliphatic carbocycles. The van der Waals surface area contributed by atoms with Gasteiger partial charge in [0.2, 0.25) is 0 Å². The lowest BCUT2D eigenvalue weighted by molar-refractivity contribution is 0.0636. The summed E-state index contributed by atoms with van der Waals surface area (Å²) in [7, 11) is 0. The Balaban J connectivity index is 2.77. The number of hydrogen-bond donors (Lipinski definition) is 2. The second kappa shape index (κ2) is 6.14. The predicted octanol–water partition coefficient (Wildman–Crippen LogP) is 3.81. The van der Waals surface area contributed by atoms with Crippen LogP contribution in [0, 0.1) is 6.92 Å². The Morgan fingerprint density at radius 2 is 2.06 bits per heavy atom. The molecule has 1 N–H and O–H groups in total. The number of nitrogens with one attached hydrogen (secondary N) is 1. The van der Waals surface area contributed by atoms with Gasteiger partial charge in [-0.3, -0.25) is 5.32 Å². The molecule has 3 nitrogen and oxygen atoms in total. The van der Waals surface area contributed by atoms with E-state index in [4.69, 9.17) is 4.74 Å². The molecule has 0 aliphatic rings. The van der Waals surface area contributed by atoms with E-state index < -0.39 is 11.7 Å². The zero-order chi connectivity index (χ0) is 13.8. The van der Waals surface area contributed by atoms with E-state index in [9.17, 15) is 4.79 Å². The first kappa shape index (κ1) is 14.9. The summed E-state index contributed by atoms with van der Waals surface area (Å²) in [6.07, 6.45) is 0.459. The molecule has 0 saturated heterocycles. The Labute approximate surface area is 114 Å². The number of rotatable bonds is 3. The van der Waals surface area contributed by atoms with E-state index in [1.165, 1.54) is 0 Å². The maximum absolute atomic E-state index is 11.7. The van der Waals surface area contributed by atoms with Gasteiger partial charge in [-0.2, -0.15) is 12.6 Å². The quantitative estimate of drug-likeness (QED) is 0.817. The molecular weight excluding hydrogens is 246 g/mol. The van der Waals surface area contributed by atoms with E-state index in [0.717, 1.165) is 29.0 Å². The molecule has 0 spiro atoms. The number of carbonyl (C=O) groups excluding carboxylic acids is 1. The lowest BCUT2D eigenvalue weighted by atomic mass is 10.1. The van der Waals surface area contributed by atoms with E-state index in [1.54, 1.807) is 0 Å². The highest BCUT2D eigenvalue weighted by atomic mass is 32.1. The summed E-state index contributed by atoms with van der Waals surface area (Å²) in [4.78, 5) is 11.7. The fourth-order valence-electron chi connectivity index (χ4n) is 1.50. The summed E-state index contributed by atoms with van der Waals surface area (Å²) < 4.78 is 5.23. The third-order valence-corrected chi connectivity index (χ3v) is 2.56. The summed E-state index contributed by atoms with van der Waals surface area (Å²) in [5.41, 5.74) is 2.48. The summed E-state index contributed by atoms with van der Waals surface area (Å²) in [6, 6.07) is 6.01. The van der Waals surface area contributed by atoms with Crippen LogP contribution in [0.25, 0.3) is 0 Å². The van der Waals surface area contributed by atoms with Gasteiger partial charge < -0.3 is 4.74 Å². The van der Waals surface area contributed by atoms with Crippen LogP contribution in [-0.4, -0.2) is 17.4 Å². The molecule has 0 radical (unpaired) electrons. The first-order valence-corrected chi connectivity index (χ1v) is 6.65. The minimum Gasteiger partial charge on any atom is -0.444 e. The number of hydrogen-bond acceptors (Lipinski definition) is 3. The highest BCUT2D eigenvalue weighted by Gasteiger charge is 2.16. The molecule has 1 aromatic carbocycles. The molecule has 1 aromatic rings. The average Bonchev–Trinajstić information content (AvgIpc) is 2.20. The van der Waals surface area contributed by atoms with Gasteiger partial charge in [0.1, 0.15) is 5.60 Å². The van der Waals surface area contributed by atoms with Gasteiger partial charge in [0, 0.05) is 5.69 Å². The first-order chi connectivity index (χ1) is 8.31. The third kappa shape index (κ3) is 5.00. The molecule has 0 unspecified atom stereocenters. The Hall–Kier alpha value is -1.16. The predicted molar refractivity (Wildman–Crippen MR) is 78.6 cm³/mol. The van der Waals surface area contributed by atoms with Gasteiger partial charge >= 0.3 is 6.09 Å². The van der Waals surface area contributed by atoms with Crippen molar-refractivity contribution in [2.24, 2.45) is 0 Å². The second-order valence-corrected chi connectivity index (χ2v) is 5.70. The SMILES string of the molecule is Cc1ccc(CCS)cc1NC(=O)OC(C)(C)C. The van der Waals surface area contributed by atoms with E-state index in [2.05, 4.69) is 17.9 Å². The maximum atomic E-state index is 11.7. The van der Waals surface area contributed by atoms with Crippen LogP contribution in [-0.2, 0) is 11.2 Å². The molecule has 0 bridgehead atoms. The molecule has 0 fully saturated rings. The molecule has 0 aromatic heterocycles. The minimum absolute atomic E-state index is 0.423. The van der Waals surface area contributed by atoms with Crippen LogP contribution in [0.1, 0.15) is 31.9 Å². The average molecular weight is 267 g/mol. The molecule has 4 heteroatoms. The largest absolute Gasteiger partial charge is 0.444 e. The monoisotopic (exact) mass is 267 g/mol. The van der Waals surface area contributed by atoms with Crippen LogP contribution in [0.4, 0.5) is 10.5 Å². The van der Waals surface area contributed by atoms with Gasteiger partial charge in [-0.05, 0) is 57.1 Å². The van der Waals surface area contributed by atoms with Crippen molar-refractivity contribution in [1.29, 1.82) is 0 Å². The molecule has 18 heavy (non-hydrogen) atoms. The van der Waals surface area contributed by atoms with Crippen molar-refractivity contribution >= 4 is 24.4 Å². The molecule has 1 rings (SSSR count). The summed E-state index contributed by atoms with van der Waals surface area (Å²) in [6.45, 7) is 7.49. The molecule has 1 amide bonds. The zero-order valence-corrected chi connectivity index (χ0v) is 12.3. The van der Waals surface area contributed by atoms with Crippen molar-refractivity contribution in [2.75, 3.05) is 11.1 Å². The molecule has 0 aliphatic heterocycles. The standard InChI is InChI=1S/C14H21NO2S/c1-10-5-6-11(7-8-18)9-12(10)15-13(16)17-14(2,3)4/h5-6,9,18H,7-8H2,1-4H3,(H,15,16). The number of carbonyl (C=O) groups is 1. The number of amides is 1. The summed E-state index contributed by atoms with van der Waals surface area (Å²) in [5, 5.41) is 2.78. The fraction of sp³-hybridized carbons (Fsp3) is 0.500. The van der Waals surface area contributed by atoms with Gasteiger partial charge in [-0.1, -0.05) is 12.1 Å². The number of ether oxygens (including phenoxy) is 1. The molecule has 0 saturated carbocycles. The normalized spacial score (nSPS) is 11.2. The van der Waals surface area contributed by atoms with Crippen LogP contribution in [0.2, 0.25) is 0 Å². The number of thiol groups is 1. The Morgan fingerprint density at radius 1 is 1.39 bits per heavy atom. The van der Waals surface area contributed by atoms with Gasteiger partial charge in [0.15, 0.2) is 0 Å². The van der Waals surface area contributed by atoms with Gasteiger partial charge in [-0.15, -0.1) is 0 Å². The number of anilines is 1. The van der Waals surface area contributed by atoms with Gasteiger partial charge in [-0.25, -0.2) is 4.79 Å². The van der Waals surface area contributed by atoms with Crippen molar-refractivity contribution in [2.45, 2.75) is 39.7 Å². The lowest BCUT2D eigenvalue weighted by Crippen LogP contribution is -2.27. The Morgan fingerprint density at radius 3 is 2.61 bits per heavy atom. The van der Waals surface area contributed by atoms with Crippen LogP contribution >= 0.6 is 12.6 Å². The van der Waals surface area contributed by atoms with E-state index >= 15 is 0 Å². The summed E-state index contributed by atoms with van der Waals surface area (Å²) >= 11 is 4.21.